The molecular weight excluding hydrogens is 330 g/mol. The maximum Gasteiger partial charge on any atom is 0.320 e. The fourth-order valence-corrected chi connectivity index (χ4v) is 3.82. The second kappa shape index (κ2) is 7.45. The van der Waals surface area contributed by atoms with E-state index in [0.29, 0.717) is 12.4 Å². The summed E-state index contributed by atoms with van der Waals surface area (Å²) in [5.41, 5.74) is 2.62. The van der Waals surface area contributed by atoms with E-state index in [9.17, 15) is 4.79 Å². The Morgan fingerprint density at radius 3 is 2.92 bits per heavy atom. The van der Waals surface area contributed by atoms with Gasteiger partial charge < -0.3 is 14.6 Å². The molecule has 2 N–H and O–H groups in total. The molecule has 2 aliphatic rings. The number of amides is 2. The Kier molecular flexibility index (Phi) is 4.88. The van der Waals surface area contributed by atoms with Crippen LogP contribution in [0.1, 0.15) is 48.7 Å². The van der Waals surface area contributed by atoms with E-state index in [4.69, 9.17) is 4.74 Å². The zero-order valence-electron chi connectivity index (χ0n) is 15.1. The number of nitrogens with one attached hydrogen (secondary N) is 2. The zero-order chi connectivity index (χ0) is 17.9. The summed E-state index contributed by atoms with van der Waals surface area (Å²) in [6.45, 7) is 0.611. The lowest BCUT2D eigenvalue weighted by Crippen LogP contribution is -2.42. The molecule has 3 heterocycles. The van der Waals surface area contributed by atoms with Gasteiger partial charge in [-0.25, -0.2) is 14.8 Å². The van der Waals surface area contributed by atoms with Crippen molar-refractivity contribution in [3.8, 4) is 0 Å². The molecule has 26 heavy (non-hydrogen) atoms. The van der Waals surface area contributed by atoms with Crippen LogP contribution < -0.4 is 10.6 Å². The van der Waals surface area contributed by atoms with Gasteiger partial charge in [0.1, 0.15) is 17.7 Å². The Morgan fingerprint density at radius 2 is 2.12 bits per heavy atom. The van der Waals surface area contributed by atoms with Crippen LogP contribution in [0.5, 0.6) is 0 Å². The molecule has 0 saturated carbocycles. The van der Waals surface area contributed by atoms with Crippen LogP contribution in [0.3, 0.4) is 0 Å². The maximum atomic E-state index is 12.4. The summed E-state index contributed by atoms with van der Waals surface area (Å²) in [7, 11) is 1.96. The molecule has 0 aromatic carbocycles. The van der Waals surface area contributed by atoms with Gasteiger partial charge >= 0.3 is 6.03 Å². The van der Waals surface area contributed by atoms with Crippen LogP contribution >= 0.6 is 0 Å². The van der Waals surface area contributed by atoms with E-state index in [1.165, 1.54) is 24.0 Å². The number of rotatable bonds is 3. The van der Waals surface area contributed by atoms with Crippen LogP contribution in [0.2, 0.25) is 0 Å². The lowest BCUT2D eigenvalue weighted by molar-refractivity contribution is -0.00410. The van der Waals surface area contributed by atoms with Crippen LogP contribution in [0.4, 0.5) is 10.6 Å². The third-order valence-electron chi connectivity index (χ3n) is 5.23. The van der Waals surface area contributed by atoms with Gasteiger partial charge in [0.25, 0.3) is 0 Å². The van der Waals surface area contributed by atoms with E-state index in [1.54, 1.807) is 6.20 Å². The number of hydrogen-bond acceptors (Lipinski definition) is 4. The first-order valence-corrected chi connectivity index (χ1v) is 9.33. The average Bonchev–Trinajstić information content (AvgIpc) is 3.08. The number of aromatic nitrogens is 3. The van der Waals surface area contributed by atoms with Crippen molar-refractivity contribution in [1.29, 1.82) is 0 Å². The van der Waals surface area contributed by atoms with Crippen molar-refractivity contribution in [1.82, 2.24) is 19.9 Å². The van der Waals surface area contributed by atoms with Crippen molar-refractivity contribution >= 4 is 11.8 Å². The summed E-state index contributed by atoms with van der Waals surface area (Å²) < 4.78 is 7.79. The largest absolute Gasteiger partial charge is 0.370 e. The van der Waals surface area contributed by atoms with Crippen LogP contribution in [-0.4, -0.2) is 33.2 Å². The van der Waals surface area contributed by atoms with Gasteiger partial charge in [0.15, 0.2) is 0 Å². The average molecular weight is 355 g/mol. The molecule has 4 rings (SSSR count). The lowest BCUT2D eigenvalue weighted by atomic mass is 9.93. The number of carbonyl (C=O) groups excluding carboxylic acids is 1. The number of hydrogen-bond donors (Lipinski definition) is 2. The van der Waals surface area contributed by atoms with Crippen molar-refractivity contribution < 1.29 is 9.53 Å². The van der Waals surface area contributed by atoms with Crippen LogP contribution in [0.25, 0.3) is 0 Å². The highest BCUT2D eigenvalue weighted by Crippen LogP contribution is 2.27. The number of imidazole rings is 1. The highest BCUT2D eigenvalue weighted by Gasteiger charge is 2.27. The van der Waals surface area contributed by atoms with E-state index in [1.807, 2.05) is 30.1 Å². The fraction of sp³-hybridized carbons (Fsp3) is 0.526. The molecule has 2 unspecified atom stereocenters. The summed E-state index contributed by atoms with van der Waals surface area (Å²) in [5, 5.41) is 5.93. The predicted octanol–water partition coefficient (Wildman–Crippen LogP) is 2.74. The normalized spacial score (nSPS) is 22.5. The van der Waals surface area contributed by atoms with Gasteiger partial charge in [0.05, 0.1) is 0 Å². The first-order valence-electron chi connectivity index (χ1n) is 9.33. The monoisotopic (exact) mass is 355 g/mol. The molecule has 138 valence electrons. The molecule has 7 heteroatoms. The van der Waals surface area contributed by atoms with Crippen molar-refractivity contribution in [3.63, 3.8) is 0 Å². The molecule has 0 radical (unpaired) electrons. The Bertz CT molecular complexity index is 788. The molecule has 2 atom stereocenters. The van der Waals surface area contributed by atoms with Gasteiger partial charge in [-0.2, -0.15) is 0 Å². The van der Waals surface area contributed by atoms with Crippen LogP contribution in [-0.2, 0) is 24.6 Å². The lowest BCUT2D eigenvalue weighted by Gasteiger charge is -2.29. The molecule has 0 spiro atoms. The van der Waals surface area contributed by atoms with E-state index in [2.05, 4.69) is 20.6 Å². The van der Waals surface area contributed by atoms with Crippen molar-refractivity contribution in [2.75, 3.05) is 11.9 Å². The molecule has 2 amide bonds. The number of fused-ring (bicyclic) bond motifs is 1. The first kappa shape index (κ1) is 17.0. The van der Waals surface area contributed by atoms with Gasteiger partial charge in [-0.15, -0.1) is 0 Å². The quantitative estimate of drug-likeness (QED) is 0.887. The summed E-state index contributed by atoms with van der Waals surface area (Å²) in [4.78, 5) is 21.1. The highest BCUT2D eigenvalue weighted by atomic mass is 16.5. The standard InChI is InChI=1S/C19H25N5O2/c1-24-8-7-20-18(24)16-11-15(6-9-26-16)22-19(25)23-17-10-13-4-2-3-5-14(13)12-21-17/h7-8,10,12,15-16H,2-6,9,11H2,1H3,(H2,21,22,23,25). The molecule has 1 aliphatic heterocycles. The predicted molar refractivity (Wildman–Crippen MR) is 98.0 cm³/mol. The third kappa shape index (κ3) is 3.72. The smallest absolute Gasteiger partial charge is 0.320 e. The number of pyridine rings is 1. The summed E-state index contributed by atoms with van der Waals surface area (Å²) in [5.74, 6) is 1.52. The minimum Gasteiger partial charge on any atom is -0.370 e. The van der Waals surface area contributed by atoms with E-state index in [-0.39, 0.29) is 18.2 Å². The Morgan fingerprint density at radius 1 is 1.27 bits per heavy atom. The second-order valence-corrected chi connectivity index (χ2v) is 7.12. The van der Waals surface area contributed by atoms with E-state index in [0.717, 1.165) is 31.5 Å². The molecule has 1 fully saturated rings. The van der Waals surface area contributed by atoms with Gasteiger partial charge in [-0.05, 0) is 49.3 Å². The van der Waals surface area contributed by atoms with Crippen LogP contribution in [0, 0.1) is 0 Å². The first-order chi connectivity index (χ1) is 12.7. The van der Waals surface area contributed by atoms with Crippen molar-refractivity contribution in [2.45, 2.75) is 50.7 Å². The molecule has 1 aliphatic carbocycles. The summed E-state index contributed by atoms with van der Waals surface area (Å²) in [6, 6.07) is 1.86. The Hall–Kier alpha value is -2.41. The number of anilines is 1. The molecule has 7 nitrogen and oxygen atoms in total. The zero-order valence-corrected chi connectivity index (χ0v) is 15.1. The SMILES string of the molecule is Cn1ccnc1C1CC(NC(=O)Nc2cc3c(cn2)CCCC3)CCO1. The van der Waals surface area contributed by atoms with E-state index < -0.39 is 0 Å². The highest BCUT2D eigenvalue weighted by molar-refractivity contribution is 5.88. The van der Waals surface area contributed by atoms with Crippen molar-refractivity contribution in [2.24, 2.45) is 7.05 Å². The number of ether oxygens (including phenoxy) is 1. The number of aryl methyl sites for hydroxylation is 3. The molecule has 1 saturated heterocycles. The second-order valence-electron chi connectivity index (χ2n) is 7.12. The minimum absolute atomic E-state index is 0.0584. The topological polar surface area (TPSA) is 81.1 Å². The Balaban J connectivity index is 1.35. The maximum absolute atomic E-state index is 12.4. The van der Waals surface area contributed by atoms with Crippen LogP contribution in [0.15, 0.2) is 24.7 Å². The summed E-state index contributed by atoms with van der Waals surface area (Å²) >= 11 is 0. The summed E-state index contributed by atoms with van der Waals surface area (Å²) in [6.07, 6.45) is 11.6. The van der Waals surface area contributed by atoms with Crippen molar-refractivity contribution in [3.05, 3.63) is 41.6 Å². The number of urea groups is 1. The third-order valence-corrected chi connectivity index (χ3v) is 5.23. The van der Waals surface area contributed by atoms with Gasteiger partial charge in [-0.1, -0.05) is 0 Å². The number of nitrogens with zero attached hydrogens (tertiary/aromatic N) is 3. The minimum atomic E-state index is -0.209. The molecule has 0 bridgehead atoms. The number of carbonyl (C=O) groups is 1. The molecule has 2 aromatic heterocycles. The van der Waals surface area contributed by atoms with E-state index >= 15 is 0 Å². The van der Waals surface area contributed by atoms with Gasteiger partial charge in [0.2, 0.25) is 0 Å². The molecular formula is C19H25N5O2. The van der Waals surface area contributed by atoms with Gasteiger partial charge in [-0.3, -0.25) is 5.32 Å². The fourth-order valence-electron chi connectivity index (χ4n) is 3.82. The molecule has 2 aromatic rings. The van der Waals surface area contributed by atoms with Gasteiger partial charge in [0, 0.05) is 44.7 Å². The Labute approximate surface area is 153 Å².